The Morgan fingerprint density at radius 1 is 1.42 bits per heavy atom. The van der Waals surface area contributed by atoms with E-state index in [1.165, 1.54) is 23.1 Å². The lowest BCUT2D eigenvalue weighted by atomic mass is 9.91. The van der Waals surface area contributed by atoms with Crippen LogP contribution in [0.25, 0.3) is 0 Å². The summed E-state index contributed by atoms with van der Waals surface area (Å²) in [6, 6.07) is 3.66. The number of nitrogens with zero attached hydrogens (tertiary/aromatic N) is 1. The van der Waals surface area contributed by atoms with E-state index in [0.717, 1.165) is 19.3 Å². The quantitative estimate of drug-likeness (QED) is 0.908. The molecule has 1 fully saturated rings. The Kier molecular flexibility index (Phi) is 4.42. The van der Waals surface area contributed by atoms with Gasteiger partial charge in [0, 0.05) is 12.1 Å². The van der Waals surface area contributed by atoms with Gasteiger partial charge >= 0.3 is 0 Å². The van der Waals surface area contributed by atoms with Crippen molar-refractivity contribution in [2.75, 3.05) is 7.05 Å². The largest absolute Gasteiger partial charge is 0.391 e. The molecule has 5 heteroatoms. The molecule has 0 aliphatic heterocycles. The molecule has 1 aliphatic rings. The van der Waals surface area contributed by atoms with Crippen molar-refractivity contribution >= 4 is 17.5 Å². The van der Waals surface area contributed by atoms with Crippen LogP contribution in [0.3, 0.4) is 0 Å². The zero-order valence-corrected chi connectivity index (χ0v) is 11.5. The van der Waals surface area contributed by atoms with Crippen molar-refractivity contribution in [3.8, 4) is 0 Å². The number of amides is 1. The average molecular weight is 286 g/mol. The van der Waals surface area contributed by atoms with Crippen LogP contribution < -0.4 is 0 Å². The summed E-state index contributed by atoms with van der Waals surface area (Å²) in [7, 11) is 1.60. The van der Waals surface area contributed by atoms with E-state index in [-0.39, 0.29) is 11.6 Å². The van der Waals surface area contributed by atoms with Crippen LogP contribution in [0, 0.1) is 5.82 Å². The number of hydrogen-bond acceptors (Lipinski definition) is 2. The van der Waals surface area contributed by atoms with Gasteiger partial charge in [0.15, 0.2) is 0 Å². The Morgan fingerprint density at radius 3 is 2.79 bits per heavy atom. The Hall–Kier alpha value is -1.13. The van der Waals surface area contributed by atoms with Gasteiger partial charge in [-0.3, -0.25) is 4.79 Å². The predicted molar refractivity (Wildman–Crippen MR) is 71.8 cm³/mol. The number of likely N-dealkylation sites (N-methyl/N-ethyl adjacent to an activating group) is 1. The number of hydrogen-bond donors (Lipinski definition) is 1. The summed E-state index contributed by atoms with van der Waals surface area (Å²) in [6.45, 7) is 0. The third kappa shape index (κ3) is 3.07. The third-order valence-electron chi connectivity index (χ3n) is 3.67. The molecule has 0 radical (unpaired) electrons. The highest BCUT2D eigenvalue weighted by Crippen LogP contribution is 2.24. The first-order chi connectivity index (χ1) is 9.00. The van der Waals surface area contributed by atoms with Crippen LogP contribution in [0.4, 0.5) is 4.39 Å². The summed E-state index contributed by atoms with van der Waals surface area (Å²) in [5.41, 5.74) is -0.0484. The summed E-state index contributed by atoms with van der Waals surface area (Å²) in [5, 5.41) is 10.3. The molecule has 2 rings (SSSR count). The van der Waals surface area contributed by atoms with Crippen LogP contribution in [-0.2, 0) is 0 Å². The van der Waals surface area contributed by atoms with Crippen LogP contribution in [0.1, 0.15) is 36.0 Å². The molecule has 1 saturated carbocycles. The first kappa shape index (κ1) is 14.3. The van der Waals surface area contributed by atoms with E-state index in [1.54, 1.807) is 7.05 Å². The van der Waals surface area contributed by atoms with Crippen LogP contribution in [0.5, 0.6) is 0 Å². The Bertz CT molecular complexity index is 481. The maximum atomic E-state index is 13.7. The molecule has 0 bridgehead atoms. The summed E-state index contributed by atoms with van der Waals surface area (Å²) in [6.07, 6.45) is 2.82. The molecule has 19 heavy (non-hydrogen) atoms. The summed E-state index contributed by atoms with van der Waals surface area (Å²) >= 11 is 5.79. The molecule has 0 aromatic heterocycles. The van der Waals surface area contributed by atoms with Gasteiger partial charge in [-0.05, 0) is 31.0 Å². The molecular formula is C14H17ClFNO2. The highest BCUT2D eigenvalue weighted by atomic mass is 35.5. The van der Waals surface area contributed by atoms with Gasteiger partial charge in [-0.25, -0.2) is 4.39 Å². The van der Waals surface area contributed by atoms with E-state index in [2.05, 4.69) is 0 Å². The summed E-state index contributed by atoms with van der Waals surface area (Å²) < 4.78 is 13.7. The number of halogens is 2. The molecule has 2 atom stereocenters. The second-order valence-electron chi connectivity index (χ2n) is 4.96. The van der Waals surface area contributed by atoms with Gasteiger partial charge in [0.2, 0.25) is 0 Å². The van der Waals surface area contributed by atoms with Gasteiger partial charge in [0.1, 0.15) is 5.82 Å². The number of aliphatic hydroxyl groups excluding tert-OH is 1. The van der Waals surface area contributed by atoms with Crippen molar-refractivity contribution in [1.82, 2.24) is 4.90 Å². The first-order valence-corrected chi connectivity index (χ1v) is 6.79. The molecule has 2 unspecified atom stereocenters. The molecule has 1 aromatic rings. The lowest BCUT2D eigenvalue weighted by molar-refractivity contribution is 0.0265. The minimum absolute atomic E-state index is 0.0484. The zero-order chi connectivity index (χ0) is 14.0. The SMILES string of the molecule is CN(C(=O)c1cc(Cl)ccc1F)C1CCCCC1O. The highest BCUT2D eigenvalue weighted by molar-refractivity contribution is 6.31. The van der Waals surface area contributed by atoms with E-state index in [0.29, 0.717) is 11.4 Å². The molecule has 0 saturated heterocycles. The minimum atomic E-state index is -0.591. The fraction of sp³-hybridized carbons (Fsp3) is 0.500. The number of benzene rings is 1. The van der Waals surface area contributed by atoms with Crippen molar-refractivity contribution in [3.05, 3.63) is 34.6 Å². The topological polar surface area (TPSA) is 40.5 Å². The lowest BCUT2D eigenvalue weighted by Crippen LogP contribution is -2.46. The summed E-state index contributed by atoms with van der Waals surface area (Å²) in [5.74, 6) is -1.03. The first-order valence-electron chi connectivity index (χ1n) is 6.41. The smallest absolute Gasteiger partial charge is 0.256 e. The zero-order valence-electron chi connectivity index (χ0n) is 10.8. The fourth-order valence-electron chi connectivity index (χ4n) is 2.55. The normalized spacial score (nSPS) is 23.2. The minimum Gasteiger partial charge on any atom is -0.391 e. The summed E-state index contributed by atoms with van der Waals surface area (Å²) in [4.78, 5) is 13.7. The van der Waals surface area contributed by atoms with E-state index >= 15 is 0 Å². The second-order valence-corrected chi connectivity index (χ2v) is 5.40. The number of aliphatic hydroxyl groups is 1. The molecule has 1 aromatic carbocycles. The highest BCUT2D eigenvalue weighted by Gasteiger charge is 2.30. The molecule has 104 valence electrons. The van der Waals surface area contributed by atoms with Crippen molar-refractivity contribution in [2.45, 2.75) is 37.8 Å². The number of carbonyl (C=O) groups is 1. The fourth-order valence-corrected chi connectivity index (χ4v) is 2.72. The monoisotopic (exact) mass is 285 g/mol. The maximum absolute atomic E-state index is 13.7. The Labute approximate surface area is 117 Å². The lowest BCUT2D eigenvalue weighted by Gasteiger charge is -2.35. The molecule has 1 aliphatic carbocycles. The van der Waals surface area contributed by atoms with Gasteiger partial charge in [0.25, 0.3) is 5.91 Å². The van der Waals surface area contributed by atoms with Crippen molar-refractivity contribution < 1.29 is 14.3 Å². The van der Waals surface area contributed by atoms with Crippen molar-refractivity contribution in [3.63, 3.8) is 0 Å². The van der Waals surface area contributed by atoms with Gasteiger partial charge in [-0.1, -0.05) is 24.4 Å². The van der Waals surface area contributed by atoms with E-state index in [4.69, 9.17) is 11.6 Å². The maximum Gasteiger partial charge on any atom is 0.256 e. The average Bonchev–Trinajstić information content (AvgIpc) is 2.40. The van der Waals surface area contributed by atoms with Crippen LogP contribution in [0.15, 0.2) is 18.2 Å². The molecule has 3 nitrogen and oxygen atoms in total. The van der Waals surface area contributed by atoms with Gasteiger partial charge < -0.3 is 10.0 Å². The van der Waals surface area contributed by atoms with Crippen molar-refractivity contribution in [2.24, 2.45) is 0 Å². The standard InChI is InChI=1S/C14H17ClFNO2/c1-17(12-4-2-3-5-13(12)18)14(19)10-8-9(15)6-7-11(10)16/h6-8,12-13,18H,2-5H2,1H3. The molecule has 1 amide bonds. The molecule has 0 spiro atoms. The third-order valence-corrected chi connectivity index (χ3v) is 3.91. The second kappa shape index (κ2) is 5.88. The van der Waals surface area contributed by atoms with Crippen LogP contribution >= 0.6 is 11.6 Å². The predicted octanol–water partition coefficient (Wildman–Crippen LogP) is 2.85. The van der Waals surface area contributed by atoms with Gasteiger partial charge in [-0.15, -0.1) is 0 Å². The van der Waals surface area contributed by atoms with E-state index < -0.39 is 17.8 Å². The Morgan fingerprint density at radius 2 is 2.11 bits per heavy atom. The molecule has 1 N–H and O–H groups in total. The van der Waals surface area contributed by atoms with Gasteiger partial charge in [-0.2, -0.15) is 0 Å². The Balaban J connectivity index is 2.20. The molecular weight excluding hydrogens is 269 g/mol. The van der Waals surface area contributed by atoms with E-state index in [1.807, 2.05) is 0 Å². The van der Waals surface area contributed by atoms with Crippen LogP contribution in [0.2, 0.25) is 5.02 Å². The van der Waals surface area contributed by atoms with Crippen LogP contribution in [-0.4, -0.2) is 35.1 Å². The van der Waals surface area contributed by atoms with E-state index in [9.17, 15) is 14.3 Å². The van der Waals surface area contributed by atoms with Gasteiger partial charge in [0.05, 0.1) is 17.7 Å². The number of rotatable bonds is 2. The number of carbonyl (C=O) groups excluding carboxylic acids is 1. The van der Waals surface area contributed by atoms with Crippen molar-refractivity contribution in [1.29, 1.82) is 0 Å². The molecule has 0 heterocycles.